The first kappa shape index (κ1) is 27.4. The Kier molecular flexibility index (Phi) is 9.40. The van der Waals surface area contributed by atoms with Crippen LogP contribution in [0.25, 0.3) is 0 Å². The number of likely N-dealkylation sites (tertiary alicyclic amines) is 1. The first-order valence-electron chi connectivity index (χ1n) is 13.4. The number of nitrogens with one attached hydrogen (secondary N) is 2. The Morgan fingerprint density at radius 1 is 1.22 bits per heavy atom. The third kappa shape index (κ3) is 6.61. The van der Waals surface area contributed by atoms with E-state index in [4.69, 9.17) is 9.47 Å². The van der Waals surface area contributed by atoms with Crippen LogP contribution in [0.3, 0.4) is 0 Å². The van der Waals surface area contributed by atoms with E-state index in [9.17, 15) is 9.90 Å². The van der Waals surface area contributed by atoms with Crippen molar-refractivity contribution in [1.29, 1.82) is 0 Å². The molecule has 8 heteroatoms. The molecule has 0 spiro atoms. The van der Waals surface area contributed by atoms with Gasteiger partial charge in [-0.25, -0.2) is 9.18 Å². The average molecular weight is 514 g/mol. The Labute approximate surface area is 219 Å². The second-order valence-corrected chi connectivity index (χ2v) is 10.4. The number of benzene rings is 2. The predicted molar refractivity (Wildman–Crippen MR) is 141 cm³/mol. The maximum Gasteiger partial charge on any atom is 0.317 e. The molecule has 2 aliphatic rings. The third-order valence-electron chi connectivity index (χ3n) is 7.69. The number of amides is 2. The summed E-state index contributed by atoms with van der Waals surface area (Å²) in [5.74, 6) is 0.281. The lowest BCUT2D eigenvalue weighted by Gasteiger charge is -2.43. The fraction of sp³-hybridized carbons (Fsp3) is 0.552. The van der Waals surface area contributed by atoms with Gasteiger partial charge >= 0.3 is 6.03 Å². The molecule has 2 heterocycles. The van der Waals surface area contributed by atoms with Gasteiger partial charge in [-0.1, -0.05) is 30.3 Å². The number of nitrogens with zero attached hydrogens (tertiary/aromatic N) is 1. The topological polar surface area (TPSA) is 83.1 Å². The maximum absolute atomic E-state index is 15.3. The molecule has 0 radical (unpaired) electrons. The van der Waals surface area contributed by atoms with Crippen LogP contribution in [0.1, 0.15) is 43.2 Å². The van der Waals surface area contributed by atoms with Crippen LogP contribution in [0.4, 0.5) is 9.18 Å². The molecular formula is C29H40FN3O4. The van der Waals surface area contributed by atoms with Gasteiger partial charge in [0, 0.05) is 63.8 Å². The molecule has 3 N–H and O–H groups in total. The van der Waals surface area contributed by atoms with Crippen LogP contribution >= 0.6 is 0 Å². The predicted octanol–water partition coefficient (Wildman–Crippen LogP) is 4.57. The van der Waals surface area contributed by atoms with Gasteiger partial charge in [-0.05, 0) is 56.7 Å². The normalized spacial score (nSPS) is 19.7. The van der Waals surface area contributed by atoms with Gasteiger partial charge in [0.2, 0.25) is 0 Å². The van der Waals surface area contributed by atoms with Crippen LogP contribution in [0.15, 0.2) is 42.5 Å². The Morgan fingerprint density at radius 3 is 2.76 bits per heavy atom. The van der Waals surface area contributed by atoms with Crippen molar-refractivity contribution in [1.82, 2.24) is 15.5 Å². The quantitative estimate of drug-likeness (QED) is 0.384. The zero-order valence-electron chi connectivity index (χ0n) is 22.0. The van der Waals surface area contributed by atoms with Crippen molar-refractivity contribution in [3.8, 4) is 11.5 Å². The van der Waals surface area contributed by atoms with Gasteiger partial charge < -0.3 is 30.1 Å². The van der Waals surface area contributed by atoms with Crippen LogP contribution in [0.2, 0.25) is 0 Å². The summed E-state index contributed by atoms with van der Waals surface area (Å²) in [6.07, 6.45) is 3.39. The molecule has 2 aromatic carbocycles. The summed E-state index contributed by atoms with van der Waals surface area (Å²) in [5, 5.41) is 18.6. The molecule has 2 saturated heterocycles. The molecule has 0 aromatic heterocycles. The number of carbonyl (C=O) groups excluding carboxylic acids is 1. The molecule has 2 unspecified atom stereocenters. The number of methoxy groups -OCH3 is 1. The minimum Gasteiger partial charge on any atom is -0.454 e. The zero-order chi connectivity index (χ0) is 26.3. The van der Waals surface area contributed by atoms with Crippen molar-refractivity contribution in [2.75, 3.05) is 46.4 Å². The van der Waals surface area contributed by atoms with Crippen molar-refractivity contribution >= 4 is 6.03 Å². The molecule has 2 aromatic rings. The summed E-state index contributed by atoms with van der Waals surface area (Å²) in [6, 6.07) is 12.1. The number of ether oxygens (including phenoxy) is 2. The van der Waals surface area contributed by atoms with E-state index in [-0.39, 0.29) is 17.7 Å². The lowest BCUT2D eigenvalue weighted by molar-refractivity contribution is -0.0577. The number of aliphatic hydroxyl groups is 1. The molecule has 0 saturated carbocycles. The third-order valence-corrected chi connectivity index (χ3v) is 7.69. The van der Waals surface area contributed by atoms with E-state index in [1.54, 1.807) is 30.2 Å². The van der Waals surface area contributed by atoms with Crippen molar-refractivity contribution in [3.05, 3.63) is 59.4 Å². The highest BCUT2D eigenvalue weighted by Gasteiger charge is 2.43. The minimum absolute atomic E-state index is 0.0464. The van der Waals surface area contributed by atoms with E-state index in [0.717, 1.165) is 37.9 Å². The molecule has 2 fully saturated rings. The number of carbonyl (C=O) groups is 1. The second-order valence-electron chi connectivity index (χ2n) is 10.4. The van der Waals surface area contributed by atoms with Gasteiger partial charge in [-0.2, -0.15) is 0 Å². The fourth-order valence-corrected chi connectivity index (χ4v) is 5.32. The summed E-state index contributed by atoms with van der Waals surface area (Å²) in [4.78, 5) is 14.8. The summed E-state index contributed by atoms with van der Waals surface area (Å²) in [5.41, 5.74) is -0.0616. The Balaban J connectivity index is 1.60. The van der Waals surface area contributed by atoms with Crippen molar-refractivity contribution in [2.45, 2.75) is 44.6 Å². The highest BCUT2D eigenvalue weighted by molar-refractivity contribution is 5.74. The van der Waals surface area contributed by atoms with Gasteiger partial charge in [0.05, 0.1) is 5.60 Å². The molecule has 2 amide bonds. The molecule has 4 rings (SSSR count). The Bertz CT molecular complexity index is 1050. The van der Waals surface area contributed by atoms with Crippen LogP contribution in [0.5, 0.6) is 11.5 Å². The highest BCUT2D eigenvalue weighted by Crippen LogP contribution is 2.45. The number of hydrogen-bond acceptors (Lipinski definition) is 5. The molecule has 7 nitrogen and oxygen atoms in total. The van der Waals surface area contributed by atoms with Crippen molar-refractivity contribution < 1.29 is 23.8 Å². The fourth-order valence-electron chi connectivity index (χ4n) is 5.32. The number of urea groups is 1. The van der Waals surface area contributed by atoms with Crippen LogP contribution in [0, 0.1) is 24.6 Å². The SMILES string of the molecule is COCCCCC(O)(c1cccc(F)c1Oc1ccccc1C)C1CCCN(C(=O)NCC2CNC2)C1. The van der Waals surface area contributed by atoms with Gasteiger partial charge in [0.25, 0.3) is 0 Å². The summed E-state index contributed by atoms with van der Waals surface area (Å²) in [7, 11) is 1.66. The molecule has 0 aliphatic carbocycles. The molecule has 37 heavy (non-hydrogen) atoms. The largest absolute Gasteiger partial charge is 0.454 e. The van der Waals surface area contributed by atoms with E-state index in [1.165, 1.54) is 6.07 Å². The number of rotatable bonds is 11. The van der Waals surface area contributed by atoms with E-state index in [2.05, 4.69) is 10.6 Å². The Morgan fingerprint density at radius 2 is 2.03 bits per heavy atom. The lowest BCUT2D eigenvalue weighted by Crippen LogP contribution is -2.53. The van der Waals surface area contributed by atoms with E-state index in [1.807, 2.05) is 25.1 Å². The van der Waals surface area contributed by atoms with Gasteiger partial charge in [-0.3, -0.25) is 0 Å². The van der Waals surface area contributed by atoms with E-state index in [0.29, 0.717) is 56.3 Å². The molecular weight excluding hydrogens is 473 g/mol. The number of piperidine rings is 1. The average Bonchev–Trinajstić information content (AvgIpc) is 2.88. The number of para-hydroxylation sites is 2. The van der Waals surface area contributed by atoms with Crippen molar-refractivity contribution in [2.24, 2.45) is 11.8 Å². The van der Waals surface area contributed by atoms with Crippen LogP contribution in [-0.4, -0.2) is 62.5 Å². The summed E-state index contributed by atoms with van der Waals surface area (Å²) in [6.45, 7) is 6.02. The van der Waals surface area contributed by atoms with Crippen LogP contribution < -0.4 is 15.4 Å². The lowest BCUT2D eigenvalue weighted by atomic mass is 9.73. The second kappa shape index (κ2) is 12.7. The van der Waals surface area contributed by atoms with Gasteiger partial charge in [-0.15, -0.1) is 0 Å². The van der Waals surface area contributed by atoms with Crippen molar-refractivity contribution in [3.63, 3.8) is 0 Å². The van der Waals surface area contributed by atoms with E-state index < -0.39 is 11.4 Å². The van der Waals surface area contributed by atoms with Gasteiger partial charge in [0.15, 0.2) is 11.6 Å². The first-order chi connectivity index (χ1) is 17.9. The van der Waals surface area contributed by atoms with E-state index >= 15 is 4.39 Å². The highest BCUT2D eigenvalue weighted by atomic mass is 19.1. The molecule has 2 aliphatic heterocycles. The van der Waals surface area contributed by atoms with Gasteiger partial charge in [0.1, 0.15) is 5.75 Å². The minimum atomic E-state index is -1.37. The Hall–Kier alpha value is -2.68. The first-order valence-corrected chi connectivity index (χ1v) is 13.4. The number of halogens is 1. The summed E-state index contributed by atoms with van der Waals surface area (Å²) >= 11 is 0. The number of aryl methyl sites for hydroxylation is 1. The molecule has 2 atom stereocenters. The molecule has 0 bridgehead atoms. The van der Waals surface area contributed by atoms with Crippen LogP contribution in [-0.2, 0) is 10.3 Å². The standard InChI is InChI=1S/C29H40FN3O4/c1-21-9-3-4-13-26(21)37-27-24(11-7-12-25(27)30)29(35,14-5-6-16-36-2)23-10-8-15-33(20-23)28(34)32-19-22-17-31-18-22/h3-4,7,9,11-13,22-23,31,35H,5-6,8,10,14-20H2,1-2H3,(H,32,34). The molecule has 202 valence electrons. The summed E-state index contributed by atoms with van der Waals surface area (Å²) < 4.78 is 26.6. The number of hydrogen-bond donors (Lipinski definition) is 3. The smallest absolute Gasteiger partial charge is 0.317 e. The number of unbranched alkanes of at least 4 members (excludes halogenated alkanes) is 1. The monoisotopic (exact) mass is 513 g/mol. The zero-order valence-corrected chi connectivity index (χ0v) is 22.0. The maximum atomic E-state index is 15.3.